The number of hydrogen-bond donors (Lipinski definition) is 0. The van der Waals surface area contributed by atoms with E-state index in [-0.39, 0.29) is 12.2 Å². The van der Waals surface area contributed by atoms with E-state index in [0.717, 1.165) is 6.29 Å². The third-order valence-corrected chi connectivity index (χ3v) is 1.73. The number of rotatable bonds is 6. The molecule has 0 aromatic carbocycles. The third-order valence-electron chi connectivity index (χ3n) is 1.39. The van der Waals surface area contributed by atoms with Gasteiger partial charge in [-0.25, -0.2) is 0 Å². The van der Waals surface area contributed by atoms with Crippen molar-refractivity contribution >= 4 is 23.7 Å². The molecule has 0 heterocycles. The molecule has 1 unspecified atom stereocenters. The first-order valence-corrected chi connectivity index (χ1v) is 4.16. The standard InChI is InChI=1S/C8H10ClNO2/c9-7(6-10)8(12)4-2-1-3-5-11/h5,7H,1-4H2. The highest BCUT2D eigenvalue weighted by Gasteiger charge is 2.12. The van der Waals surface area contributed by atoms with Crippen LogP contribution < -0.4 is 0 Å². The molecule has 4 heteroatoms. The zero-order chi connectivity index (χ0) is 9.40. The summed E-state index contributed by atoms with van der Waals surface area (Å²) in [5.74, 6) is -0.259. The van der Waals surface area contributed by atoms with E-state index in [2.05, 4.69) is 0 Å². The maximum absolute atomic E-state index is 10.9. The van der Waals surface area contributed by atoms with Crippen LogP contribution in [0.4, 0.5) is 0 Å². The summed E-state index contributed by atoms with van der Waals surface area (Å²) in [6.07, 6.45) is 2.88. The average molecular weight is 188 g/mol. The number of alkyl halides is 1. The molecule has 0 aliphatic carbocycles. The predicted molar refractivity (Wildman–Crippen MR) is 44.8 cm³/mol. The summed E-state index contributed by atoms with van der Waals surface area (Å²) in [5.41, 5.74) is 0. The van der Waals surface area contributed by atoms with Crippen molar-refractivity contribution in [3.05, 3.63) is 0 Å². The van der Waals surface area contributed by atoms with Gasteiger partial charge in [0.2, 0.25) is 0 Å². The Morgan fingerprint density at radius 1 is 1.58 bits per heavy atom. The van der Waals surface area contributed by atoms with Gasteiger partial charge >= 0.3 is 0 Å². The molecule has 0 aliphatic rings. The second-order valence-corrected chi connectivity index (χ2v) is 2.81. The first kappa shape index (κ1) is 11.1. The number of nitrogens with zero attached hydrogens (tertiary/aromatic N) is 1. The monoisotopic (exact) mass is 187 g/mol. The van der Waals surface area contributed by atoms with E-state index >= 15 is 0 Å². The highest BCUT2D eigenvalue weighted by molar-refractivity contribution is 6.33. The SMILES string of the molecule is N#CC(Cl)C(=O)CCCCC=O. The van der Waals surface area contributed by atoms with Crippen LogP contribution in [-0.2, 0) is 9.59 Å². The van der Waals surface area contributed by atoms with E-state index in [1.165, 1.54) is 0 Å². The fraction of sp³-hybridized carbons (Fsp3) is 0.625. The number of Topliss-reactive ketones (excluding diaryl/α,β-unsaturated/α-hetero) is 1. The Morgan fingerprint density at radius 3 is 2.75 bits per heavy atom. The Hall–Kier alpha value is -0.880. The number of carbonyl (C=O) groups is 2. The maximum Gasteiger partial charge on any atom is 0.178 e. The van der Waals surface area contributed by atoms with Crippen LogP contribution in [0.5, 0.6) is 0 Å². The number of hydrogen-bond acceptors (Lipinski definition) is 3. The van der Waals surface area contributed by atoms with Crippen molar-refractivity contribution in [3.8, 4) is 6.07 Å². The summed E-state index contributed by atoms with van der Waals surface area (Å²) in [7, 11) is 0. The molecular weight excluding hydrogens is 178 g/mol. The largest absolute Gasteiger partial charge is 0.303 e. The molecule has 0 saturated heterocycles. The molecule has 12 heavy (non-hydrogen) atoms. The van der Waals surface area contributed by atoms with E-state index in [9.17, 15) is 9.59 Å². The van der Waals surface area contributed by atoms with Crippen LogP contribution in [0, 0.1) is 11.3 Å². The molecule has 0 N–H and O–H groups in total. The Labute approximate surface area is 76.3 Å². The van der Waals surface area contributed by atoms with Crippen molar-refractivity contribution in [1.29, 1.82) is 5.26 Å². The summed E-state index contributed by atoms with van der Waals surface area (Å²) >= 11 is 5.35. The van der Waals surface area contributed by atoms with Gasteiger partial charge in [-0.1, -0.05) is 11.6 Å². The van der Waals surface area contributed by atoms with Gasteiger partial charge < -0.3 is 4.79 Å². The summed E-state index contributed by atoms with van der Waals surface area (Å²) in [4.78, 5) is 20.8. The molecule has 0 aliphatic heterocycles. The van der Waals surface area contributed by atoms with E-state index in [0.29, 0.717) is 19.3 Å². The number of halogens is 1. The highest BCUT2D eigenvalue weighted by atomic mass is 35.5. The van der Waals surface area contributed by atoms with E-state index in [4.69, 9.17) is 16.9 Å². The Kier molecular flexibility index (Phi) is 6.31. The van der Waals surface area contributed by atoms with Crippen molar-refractivity contribution in [2.45, 2.75) is 31.1 Å². The molecule has 3 nitrogen and oxygen atoms in total. The van der Waals surface area contributed by atoms with Crippen LogP contribution in [0.25, 0.3) is 0 Å². The molecule has 0 saturated carbocycles. The van der Waals surface area contributed by atoms with Crippen LogP contribution in [0.1, 0.15) is 25.7 Å². The zero-order valence-electron chi connectivity index (χ0n) is 6.62. The van der Waals surface area contributed by atoms with Gasteiger partial charge in [0.1, 0.15) is 6.29 Å². The Bertz CT molecular complexity index is 198. The summed E-state index contributed by atoms with van der Waals surface area (Å²) in [5, 5.41) is 7.22. The first-order valence-electron chi connectivity index (χ1n) is 3.72. The van der Waals surface area contributed by atoms with Gasteiger partial charge in [0.25, 0.3) is 0 Å². The molecule has 0 bridgehead atoms. The van der Waals surface area contributed by atoms with Gasteiger partial charge in [0.05, 0.1) is 6.07 Å². The number of aldehydes is 1. The van der Waals surface area contributed by atoms with Gasteiger partial charge in [0.15, 0.2) is 11.2 Å². The van der Waals surface area contributed by atoms with Gasteiger partial charge in [-0.05, 0) is 12.8 Å². The van der Waals surface area contributed by atoms with E-state index < -0.39 is 5.38 Å². The molecule has 0 fully saturated rings. The number of nitriles is 1. The van der Waals surface area contributed by atoms with Crippen molar-refractivity contribution in [2.75, 3.05) is 0 Å². The molecular formula is C8H10ClNO2. The number of unbranched alkanes of at least 4 members (excludes halogenated alkanes) is 2. The minimum Gasteiger partial charge on any atom is -0.303 e. The lowest BCUT2D eigenvalue weighted by molar-refractivity contribution is -0.118. The van der Waals surface area contributed by atoms with Gasteiger partial charge in [-0.2, -0.15) is 5.26 Å². The van der Waals surface area contributed by atoms with Crippen LogP contribution >= 0.6 is 11.6 Å². The third kappa shape index (κ3) is 4.86. The van der Waals surface area contributed by atoms with Crippen LogP contribution in [0.15, 0.2) is 0 Å². The summed E-state index contributed by atoms with van der Waals surface area (Å²) in [6, 6.07) is 1.65. The molecule has 0 spiro atoms. The minimum absolute atomic E-state index is 0.259. The average Bonchev–Trinajstić information content (AvgIpc) is 2.10. The lowest BCUT2D eigenvalue weighted by Crippen LogP contribution is -2.11. The molecule has 0 aromatic rings. The van der Waals surface area contributed by atoms with Crippen LogP contribution in [-0.4, -0.2) is 17.4 Å². The minimum atomic E-state index is -1.03. The second kappa shape index (κ2) is 6.81. The van der Waals surface area contributed by atoms with Crippen molar-refractivity contribution < 1.29 is 9.59 Å². The number of carbonyl (C=O) groups excluding carboxylic acids is 2. The first-order chi connectivity index (χ1) is 5.72. The molecule has 1 atom stereocenters. The quantitative estimate of drug-likeness (QED) is 0.359. The van der Waals surface area contributed by atoms with Crippen molar-refractivity contribution in [2.24, 2.45) is 0 Å². The Balaban J connectivity index is 3.45. The molecule has 0 aromatic heterocycles. The summed E-state index contributed by atoms with van der Waals surface area (Å²) in [6.45, 7) is 0. The number of ketones is 1. The van der Waals surface area contributed by atoms with Gasteiger partial charge in [-0.3, -0.25) is 4.79 Å². The Morgan fingerprint density at radius 2 is 2.25 bits per heavy atom. The smallest absolute Gasteiger partial charge is 0.178 e. The van der Waals surface area contributed by atoms with E-state index in [1.54, 1.807) is 6.07 Å². The van der Waals surface area contributed by atoms with Crippen LogP contribution in [0.2, 0.25) is 0 Å². The van der Waals surface area contributed by atoms with Crippen molar-refractivity contribution in [1.82, 2.24) is 0 Å². The second-order valence-electron chi connectivity index (χ2n) is 2.37. The normalized spacial score (nSPS) is 11.7. The van der Waals surface area contributed by atoms with Gasteiger partial charge in [0, 0.05) is 12.8 Å². The van der Waals surface area contributed by atoms with Crippen LogP contribution in [0.3, 0.4) is 0 Å². The lowest BCUT2D eigenvalue weighted by Gasteiger charge is -1.97. The zero-order valence-corrected chi connectivity index (χ0v) is 7.38. The van der Waals surface area contributed by atoms with Crippen molar-refractivity contribution in [3.63, 3.8) is 0 Å². The fourth-order valence-electron chi connectivity index (χ4n) is 0.726. The lowest BCUT2D eigenvalue weighted by atomic mass is 10.1. The predicted octanol–water partition coefficient (Wildman–Crippen LogP) is 1.45. The molecule has 0 radical (unpaired) electrons. The topological polar surface area (TPSA) is 57.9 Å². The highest BCUT2D eigenvalue weighted by Crippen LogP contribution is 2.05. The summed E-state index contributed by atoms with van der Waals surface area (Å²) < 4.78 is 0. The molecule has 66 valence electrons. The fourth-order valence-corrected chi connectivity index (χ4v) is 0.835. The maximum atomic E-state index is 10.9. The molecule has 0 rings (SSSR count). The molecule has 0 amide bonds. The van der Waals surface area contributed by atoms with Gasteiger partial charge in [-0.15, -0.1) is 0 Å². The van der Waals surface area contributed by atoms with E-state index in [1.807, 2.05) is 0 Å².